The van der Waals surface area contributed by atoms with Gasteiger partial charge in [0.15, 0.2) is 0 Å². The molecule has 1 nitrogen and oxygen atoms in total. The fourth-order valence-corrected chi connectivity index (χ4v) is 3.02. The van der Waals surface area contributed by atoms with Crippen LogP contribution in [0.5, 0.6) is 0 Å². The van der Waals surface area contributed by atoms with Crippen LogP contribution in [-0.4, -0.2) is 11.2 Å². The van der Waals surface area contributed by atoms with Gasteiger partial charge in [0.05, 0.1) is 6.10 Å². The molecule has 0 aromatic heterocycles. The standard InChI is InChI=1S/C10H12O/c11-9-4-3-8-6-1-2-7(5-6)10(8)9/h1-4,6-11H,5H2/t6?,7?,8-,9+,10+/m1/s1. The number of aliphatic hydroxyl groups is 1. The van der Waals surface area contributed by atoms with E-state index in [1.165, 1.54) is 6.42 Å². The van der Waals surface area contributed by atoms with E-state index in [0.717, 1.165) is 5.92 Å². The molecule has 0 aromatic rings. The Balaban J connectivity index is 2.02. The van der Waals surface area contributed by atoms with Crippen LogP contribution in [0.4, 0.5) is 0 Å². The first-order chi connectivity index (χ1) is 5.36. The third-order valence-corrected chi connectivity index (χ3v) is 3.51. The first-order valence-electron chi connectivity index (χ1n) is 4.41. The summed E-state index contributed by atoms with van der Waals surface area (Å²) < 4.78 is 0. The maximum absolute atomic E-state index is 9.60. The minimum atomic E-state index is -0.153. The van der Waals surface area contributed by atoms with Gasteiger partial charge in [-0.3, -0.25) is 0 Å². The van der Waals surface area contributed by atoms with E-state index in [4.69, 9.17) is 0 Å². The quantitative estimate of drug-likeness (QED) is 0.514. The summed E-state index contributed by atoms with van der Waals surface area (Å²) in [5, 5.41) is 9.60. The van der Waals surface area contributed by atoms with E-state index in [1.807, 2.05) is 6.08 Å². The van der Waals surface area contributed by atoms with Gasteiger partial charge in [0.1, 0.15) is 0 Å². The van der Waals surface area contributed by atoms with Crippen LogP contribution in [-0.2, 0) is 0 Å². The molecule has 0 aliphatic heterocycles. The Labute approximate surface area is 66.4 Å². The van der Waals surface area contributed by atoms with Crippen molar-refractivity contribution in [1.82, 2.24) is 0 Å². The smallest absolute Gasteiger partial charge is 0.0760 e. The van der Waals surface area contributed by atoms with Gasteiger partial charge in [-0.1, -0.05) is 24.3 Å². The Morgan fingerprint density at radius 1 is 1.00 bits per heavy atom. The van der Waals surface area contributed by atoms with E-state index in [2.05, 4.69) is 18.2 Å². The van der Waals surface area contributed by atoms with Gasteiger partial charge in [0.25, 0.3) is 0 Å². The summed E-state index contributed by atoms with van der Waals surface area (Å²) in [7, 11) is 0. The fraction of sp³-hybridized carbons (Fsp3) is 0.600. The molecule has 58 valence electrons. The number of rotatable bonds is 0. The van der Waals surface area contributed by atoms with E-state index in [9.17, 15) is 5.11 Å². The van der Waals surface area contributed by atoms with Gasteiger partial charge in [0.2, 0.25) is 0 Å². The molecule has 0 heterocycles. The van der Waals surface area contributed by atoms with Gasteiger partial charge in [-0.15, -0.1) is 0 Å². The van der Waals surface area contributed by atoms with Crippen LogP contribution in [0.1, 0.15) is 6.42 Å². The second kappa shape index (κ2) is 1.78. The first kappa shape index (κ1) is 6.01. The van der Waals surface area contributed by atoms with Crippen LogP contribution in [0.25, 0.3) is 0 Å². The molecule has 0 saturated heterocycles. The molecular weight excluding hydrogens is 136 g/mol. The highest BCUT2D eigenvalue weighted by molar-refractivity contribution is 5.24. The van der Waals surface area contributed by atoms with Crippen LogP contribution in [0.2, 0.25) is 0 Å². The Kier molecular flexibility index (Phi) is 0.972. The molecule has 1 saturated carbocycles. The minimum absolute atomic E-state index is 0.153. The van der Waals surface area contributed by atoms with E-state index >= 15 is 0 Å². The second-order valence-electron chi connectivity index (χ2n) is 3.98. The van der Waals surface area contributed by atoms with Crippen molar-refractivity contribution in [3.05, 3.63) is 24.3 Å². The molecular formula is C10H12O. The van der Waals surface area contributed by atoms with Crippen molar-refractivity contribution >= 4 is 0 Å². The number of fused-ring (bicyclic) bond motifs is 5. The third kappa shape index (κ3) is 0.603. The largest absolute Gasteiger partial charge is 0.389 e. The van der Waals surface area contributed by atoms with Crippen molar-refractivity contribution in [2.75, 3.05) is 0 Å². The second-order valence-corrected chi connectivity index (χ2v) is 3.98. The fourth-order valence-electron chi connectivity index (χ4n) is 3.02. The van der Waals surface area contributed by atoms with Crippen molar-refractivity contribution in [1.29, 1.82) is 0 Å². The highest BCUT2D eigenvalue weighted by Gasteiger charge is 2.48. The lowest BCUT2D eigenvalue weighted by Gasteiger charge is -2.22. The number of allylic oxidation sites excluding steroid dienone is 3. The number of hydrogen-bond acceptors (Lipinski definition) is 1. The maximum Gasteiger partial charge on any atom is 0.0760 e. The van der Waals surface area contributed by atoms with Gasteiger partial charge >= 0.3 is 0 Å². The zero-order chi connectivity index (χ0) is 7.42. The summed E-state index contributed by atoms with van der Waals surface area (Å²) in [6.45, 7) is 0. The van der Waals surface area contributed by atoms with Crippen molar-refractivity contribution in [2.45, 2.75) is 12.5 Å². The SMILES string of the molecule is O[C@H]1C=C[C@@H]2C3C=CC(C3)[C@@H]21. The molecule has 1 N–H and O–H groups in total. The van der Waals surface area contributed by atoms with Crippen LogP contribution in [0.3, 0.4) is 0 Å². The summed E-state index contributed by atoms with van der Waals surface area (Å²) in [5.41, 5.74) is 0. The molecule has 2 unspecified atom stereocenters. The summed E-state index contributed by atoms with van der Waals surface area (Å²) >= 11 is 0. The summed E-state index contributed by atoms with van der Waals surface area (Å²) in [4.78, 5) is 0. The monoisotopic (exact) mass is 148 g/mol. The van der Waals surface area contributed by atoms with Crippen molar-refractivity contribution < 1.29 is 5.11 Å². The van der Waals surface area contributed by atoms with Crippen LogP contribution in [0.15, 0.2) is 24.3 Å². The Bertz CT molecular complexity index is 241. The van der Waals surface area contributed by atoms with Gasteiger partial charge < -0.3 is 5.11 Å². The predicted molar refractivity (Wildman–Crippen MR) is 42.9 cm³/mol. The summed E-state index contributed by atoms with van der Waals surface area (Å²) in [6.07, 6.45) is 9.94. The number of hydrogen-bond donors (Lipinski definition) is 1. The average molecular weight is 148 g/mol. The van der Waals surface area contributed by atoms with Gasteiger partial charge in [-0.25, -0.2) is 0 Å². The van der Waals surface area contributed by atoms with Crippen molar-refractivity contribution in [2.24, 2.45) is 23.7 Å². The van der Waals surface area contributed by atoms with Crippen LogP contribution >= 0.6 is 0 Å². The lowest BCUT2D eigenvalue weighted by molar-refractivity contribution is 0.132. The molecule has 3 rings (SSSR count). The molecule has 3 aliphatic rings. The average Bonchev–Trinajstić information content (AvgIpc) is 2.60. The first-order valence-corrected chi connectivity index (χ1v) is 4.41. The van der Waals surface area contributed by atoms with Crippen LogP contribution < -0.4 is 0 Å². The van der Waals surface area contributed by atoms with Crippen molar-refractivity contribution in [3.63, 3.8) is 0 Å². The molecule has 1 fully saturated rings. The lowest BCUT2D eigenvalue weighted by Crippen LogP contribution is -2.23. The normalized spacial score (nSPS) is 57.4. The molecule has 0 radical (unpaired) electrons. The molecule has 0 spiro atoms. The molecule has 3 aliphatic carbocycles. The molecule has 1 heteroatoms. The summed E-state index contributed by atoms with van der Waals surface area (Å²) in [5.74, 6) is 2.62. The van der Waals surface area contributed by atoms with Gasteiger partial charge in [0, 0.05) is 5.92 Å². The topological polar surface area (TPSA) is 20.2 Å². The highest BCUT2D eigenvalue weighted by atomic mass is 16.3. The van der Waals surface area contributed by atoms with Crippen molar-refractivity contribution in [3.8, 4) is 0 Å². The van der Waals surface area contributed by atoms with E-state index in [1.54, 1.807) is 0 Å². The van der Waals surface area contributed by atoms with E-state index in [0.29, 0.717) is 17.8 Å². The maximum atomic E-state index is 9.60. The Hall–Kier alpha value is -0.560. The third-order valence-electron chi connectivity index (χ3n) is 3.51. The summed E-state index contributed by atoms with van der Waals surface area (Å²) in [6, 6.07) is 0. The van der Waals surface area contributed by atoms with Gasteiger partial charge in [-0.2, -0.15) is 0 Å². The van der Waals surface area contributed by atoms with E-state index < -0.39 is 0 Å². The lowest BCUT2D eigenvalue weighted by atomic mass is 9.84. The molecule has 11 heavy (non-hydrogen) atoms. The predicted octanol–water partition coefficient (Wildman–Crippen LogP) is 1.36. The van der Waals surface area contributed by atoms with Crippen LogP contribution in [0, 0.1) is 23.7 Å². The molecule has 0 aromatic carbocycles. The zero-order valence-electron chi connectivity index (χ0n) is 6.35. The Morgan fingerprint density at radius 2 is 1.82 bits per heavy atom. The Morgan fingerprint density at radius 3 is 2.64 bits per heavy atom. The molecule has 0 amide bonds. The number of aliphatic hydroxyl groups excluding tert-OH is 1. The highest BCUT2D eigenvalue weighted by Crippen LogP contribution is 2.52. The van der Waals surface area contributed by atoms with E-state index in [-0.39, 0.29) is 6.10 Å². The van der Waals surface area contributed by atoms with Gasteiger partial charge in [-0.05, 0) is 24.2 Å². The molecule has 2 bridgehead atoms. The minimum Gasteiger partial charge on any atom is -0.389 e. The zero-order valence-corrected chi connectivity index (χ0v) is 6.35. The molecule has 5 atom stereocenters.